The van der Waals surface area contributed by atoms with Crippen LogP contribution in [0.2, 0.25) is 0 Å². The molecule has 2 atom stereocenters. The highest BCUT2D eigenvalue weighted by atomic mass is 32.2. The van der Waals surface area contributed by atoms with Crippen LogP contribution < -0.4 is 22.0 Å². The zero-order chi connectivity index (χ0) is 25.8. The lowest BCUT2D eigenvalue weighted by Gasteiger charge is -2.41. The van der Waals surface area contributed by atoms with Crippen LogP contribution in [0.3, 0.4) is 0 Å². The number of nitrogens with two attached hydrogens (primary N) is 3. The van der Waals surface area contributed by atoms with Gasteiger partial charge in [0.05, 0.1) is 12.0 Å². The normalized spacial score (nSPS) is 18.8. The summed E-state index contributed by atoms with van der Waals surface area (Å²) in [6.07, 6.45) is -0.357. The summed E-state index contributed by atoms with van der Waals surface area (Å²) in [6.45, 7) is 1.47. The molecule has 3 rings (SSSR count). The number of nitrogen functional groups attached to an aromatic ring is 1. The van der Waals surface area contributed by atoms with Crippen LogP contribution in [-0.4, -0.2) is 64.8 Å². The topological polar surface area (TPSA) is 226 Å². The molecule has 0 aliphatic carbocycles. The van der Waals surface area contributed by atoms with Crippen LogP contribution >= 0.6 is 11.3 Å². The van der Waals surface area contributed by atoms with Crippen LogP contribution in [0, 0.1) is 5.92 Å². The van der Waals surface area contributed by atoms with Gasteiger partial charge in [-0.1, -0.05) is 5.16 Å². The van der Waals surface area contributed by atoms with Crippen LogP contribution in [0.15, 0.2) is 39.9 Å². The molecule has 0 bridgehead atoms. The van der Waals surface area contributed by atoms with E-state index in [1.807, 2.05) is 0 Å². The minimum atomic E-state index is -4.70. The highest BCUT2D eigenvalue weighted by Crippen LogP contribution is 2.32. The molecule has 1 aromatic heterocycles. The first-order valence-electron chi connectivity index (χ1n) is 10.0. The average molecular weight is 526 g/mol. The third-order valence-electron chi connectivity index (χ3n) is 5.06. The summed E-state index contributed by atoms with van der Waals surface area (Å²) in [4.78, 5) is 34.2. The highest BCUT2D eigenvalue weighted by molar-refractivity contribution is 7.84. The molecule has 0 spiro atoms. The van der Waals surface area contributed by atoms with Gasteiger partial charge in [0.2, 0.25) is 5.91 Å². The van der Waals surface area contributed by atoms with Crippen LogP contribution in [0.25, 0.3) is 0 Å². The predicted octanol–water partition coefficient (Wildman–Crippen LogP) is -0.287. The van der Waals surface area contributed by atoms with Gasteiger partial charge in [-0.15, -0.1) is 11.3 Å². The fraction of sp³-hybridized carbons (Fsp3) is 0.316. The molecule has 14 nitrogen and oxygen atoms in total. The molecular formula is C19H23N7O7S2. The molecule has 1 aliphatic rings. The van der Waals surface area contributed by atoms with Gasteiger partial charge in [0.15, 0.2) is 23.2 Å². The smallest absolute Gasteiger partial charge is 0.362 e. The van der Waals surface area contributed by atoms with Crippen molar-refractivity contribution in [3.63, 3.8) is 0 Å². The molecular weight excluding hydrogens is 502 g/mol. The van der Waals surface area contributed by atoms with Gasteiger partial charge in [-0.3, -0.25) is 14.1 Å². The molecule has 188 valence electrons. The molecule has 1 amide bonds. The summed E-state index contributed by atoms with van der Waals surface area (Å²) in [6, 6.07) is 5.78. The summed E-state index contributed by atoms with van der Waals surface area (Å²) in [5.41, 5.74) is 11.9. The summed E-state index contributed by atoms with van der Waals surface area (Å²) in [5.74, 6) is 3.40. The molecule has 1 saturated heterocycles. The lowest BCUT2D eigenvalue weighted by molar-refractivity contribution is -0.147. The molecule has 2 heterocycles. The van der Waals surface area contributed by atoms with Gasteiger partial charge in [-0.2, -0.15) is 13.5 Å². The van der Waals surface area contributed by atoms with Crippen molar-refractivity contribution in [3.05, 3.63) is 40.9 Å². The number of ketones is 1. The lowest BCUT2D eigenvalue weighted by atomic mass is 9.86. The standard InChI is InChI=1S/C19H23N7O7S2/c1-10-13(18(28)26(10)35(29,30)31)8-15(27)16(14-9-34-19(21)23-14)25-33-7-6-32-12-4-2-11(3-5-12)17(20)24-22/h2-5,9-10,13H,6-8,22H2,1H3,(H2,20,24)(H2,21,23)(H,29,30,31)/b25-16-/t10-,13-/m0/s1. The number of anilines is 1. The molecule has 2 aromatic rings. The molecule has 0 radical (unpaired) electrons. The molecule has 0 saturated carbocycles. The molecule has 1 fully saturated rings. The van der Waals surface area contributed by atoms with E-state index in [4.69, 9.17) is 31.4 Å². The lowest BCUT2D eigenvalue weighted by Crippen LogP contribution is -2.62. The first-order chi connectivity index (χ1) is 16.5. The van der Waals surface area contributed by atoms with Crippen molar-refractivity contribution in [2.45, 2.75) is 19.4 Å². The summed E-state index contributed by atoms with van der Waals surface area (Å²) in [5, 5.41) is 8.95. The predicted molar refractivity (Wildman–Crippen MR) is 127 cm³/mol. The Morgan fingerprint density at radius 3 is 2.51 bits per heavy atom. The number of amides is 1. The summed E-state index contributed by atoms with van der Waals surface area (Å²) >= 11 is 1.08. The van der Waals surface area contributed by atoms with Gasteiger partial charge in [-0.25, -0.2) is 9.29 Å². The Balaban J connectivity index is 1.61. The Labute approximate surface area is 204 Å². The Morgan fingerprint density at radius 2 is 1.97 bits per heavy atom. The van der Waals surface area contributed by atoms with Crippen molar-refractivity contribution in [2.75, 3.05) is 18.9 Å². The number of oxime groups is 1. The first kappa shape index (κ1) is 25.9. The number of thiazole rings is 1. The fourth-order valence-electron chi connectivity index (χ4n) is 3.27. The molecule has 0 unspecified atom stereocenters. The van der Waals surface area contributed by atoms with E-state index in [9.17, 15) is 18.0 Å². The molecule has 1 aliphatic heterocycles. The zero-order valence-electron chi connectivity index (χ0n) is 18.4. The number of hydrazone groups is 1. The van der Waals surface area contributed by atoms with Crippen LogP contribution in [0.1, 0.15) is 24.6 Å². The van der Waals surface area contributed by atoms with E-state index < -0.39 is 34.0 Å². The number of hydrogen-bond acceptors (Lipinski definition) is 12. The number of β-lactam (4-membered cyclic amide) rings is 1. The van der Waals surface area contributed by atoms with Gasteiger partial charge < -0.3 is 26.9 Å². The van der Waals surface area contributed by atoms with E-state index in [1.54, 1.807) is 24.3 Å². The SMILES string of the molecule is C[C@H]1[C@H](CC(=O)/C(=N\OCCOc2ccc(C(N)=NN)cc2)c2csc(N)n2)C(=O)N1S(=O)(=O)O. The number of nitrogens with zero attached hydrogens (tertiary/aromatic N) is 4. The molecule has 1 aromatic carbocycles. The minimum absolute atomic E-state index is 0.0279. The van der Waals surface area contributed by atoms with Gasteiger partial charge in [0.25, 0.3) is 0 Å². The highest BCUT2D eigenvalue weighted by Gasteiger charge is 2.51. The Hall–Kier alpha value is -3.76. The Morgan fingerprint density at radius 1 is 1.29 bits per heavy atom. The van der Waals surface area contributed by atoms with Gasteiger partial charge in [0, 0.05) is 17.4 Å². The monoisotopic (exact) mass is 525 g/mol. The number of hydrogen-bond donors (Lipinski definition) is 4. The fourth-order valence-corrected chi connectivity index (χ4v) is 4.75. The van der Waals surface area contributed by atoms with E-state index in [0.717, 1.165) is 11.3 Å². The first-order valence-corrected chi connectivity index (χ1v) is 12.3. The van der Waals surface area contributed by atoms with Gasteiger partial charge in [-0.05, 0) is 31.2 Å². The van der Waals surface area contributed by atoms with E-state index in [0.29, 0.717) is 15.6 Å². The maximum atomic E-state index is 12.9. The van der Waals surface area contributed by atoms with E-state index in [-0.39, 0.29) is 42.0 Å². The van der Waals surface area contributed by atoms with Crippen molar-refractivity contribution in [3.8, 4) is 5.75 Å². The number of ether oxygens (including phenoxy) is 1. The quantitative estimate of drug-likeness (QED) is 0.0567. The van der Waals surface area contributed by atoms with E-state index in [1.165, 1.54) is 12.3 Å². The van der Waals surface area contributed by atoms with Crippen LogP contribution in [-0.2, 0) is 24.7 Å². The Kier molecular flexibility index (Phi) is 7.88. The van der Waals surface area contributed by atoms with Crippen molar-refractivity contribution in [1.29, 1.82) is 0 Å². The summed E-state index contributed by atoms with van der Waals surface area (Å²) < 4.78 is 37.5. The third-order valence-corrected chi connectivity index (χ3v) is 6.74. The second-order valence-corrected chi connectivity index (χ2v) is 9.50. The Bertz CT molecular complexity index is 1260. The van der Waals surface area contributed by atoms with Crippen LogP contribution in [0.5, 0.6) is 5.75 Å². The van der Waals surface area contributed by atoms with E-state index >= 15 is 0 Å². The number of rotatable bonds is 11. The number of aromatic nitrogens is 1. The van der Waals surface area contributed by atoms with Crippen molar-refractivity contribution < 1.29 is 32.1 Å². The van der Waals surface area contributed by atoms with Crippen LogP contribution in [0.4, 0.5) is 5.13 Å². The van der Waals surface area contributed by atoms with Gasteiger partial charge >= 0.3 is 10.3 Å². The number of Topliss-reactive ketones (excluding diaryl/α,β-unsaturated/α-hetero) is 1. The van der Waals surface area contributed by atoms with Crippen molar-refractivity contribution in [2.24, 2.45) is 27.8 Å². The second-order valence-electron chi connectivity index (χ2n) is 7.32. The second kappa shape index (κ2) is 10.7. The minimum Gasteiger partial charge on any atom is -0.490 e. The number of benzene rings is 1. The van der Waals surface area contributed by atoms with Gasteiger partial charge in [0.1, 0.15) is 23.9 Å². The van der Waals surface area contributed by atoms with E-state index in [2.05, 4.69) is 15.2 Å². The largest absolute Gasteiger partial charge is 0.490 e. The molecule has 16 heteroatoms. The number of carbonyl (C=O) groups excluding carboxylic acids is 2. The third kappa shape index (κ3) is 6.03. The number of amidine groups is 1. The maximum absolute atomic E-state index is 12.9. The number of carbonyl (C=O) groups is 2. The van der Waals surface area contributed by atoms with Crippen molar-refractivity contribution >= 4 is 50.0 Å². The maximum Gasteiger partial charge on any atom is 0.362 e. The average Bonchev–Trinajstić information content (AvgIpc) is 3.24. The molecule has 7 N–H and O–H groups in total. The summed E-state index contributed by atoms with van der Waals surface area (Å²) in [7, 11) is -4.70. The molecule has 35 heavy (non-hydrogen) atoms. The zero-order valence-corrected chi connectivity index (χ0v) is 20.0. The van der Waals surface area contributed by atoms with Crippen molar-refractivity contribution in [1.82, 2.24) is 9.29 Å².